The zero-order chi connectivity index (χ0) is 15.4. The zero-order valence-electron chi connectivity index (χ0n) is 11.1. The lowest BCUT2D eigenvalue weighted by Gasteiger charge is -1.94. The highest BCUT2D eigenvalue weighted by molar-refractivity contribution is 5.59. The molecule has 8 nitrogen and oxygen atoms in total. The molecule has 0 aliphatic rings. The fourth-order valence-electron chi connectivity index (χ4n) is 1.79. The molecule has 2 aromatic heterocycles. The predicted molar refractivity (Wildman–Crippen MR) is 76.2 cm³/mol. The first-order valence-corrected chi connectivity index (χ1v) is 6.22. The summed E-state index contributed by atoms with van der Waals surface area (Å²) in [7, 11) is 0. The van der Waals surface area contributed by atoms with Crippen LogP contribution in [0.5, 0.6) is 0 Å². The van der Waals surface area contributed by atoms with E-state index >= 15 is 0 Å². The SMILES string of the molecule is N#Cc1nc(N=Nc2ncc(-c3ccccc3)[nH]2)[nH]c1C#N. The van der Waals surface area contributed by atoms with E-state index in [1.165, 1.54) is 0 Å². The minimum absolute atomic E-state index is 0.0131. The first-order chi connectivity index (χ1) is 10.8. The summed E-state index contributed by atoms with van der Waals surface area (Å²) in [6, 6.07) is 13.3. The van der Waals surface area contributed by atoms with Gasteiger partial charge in [-0.3, -0.25) is 0 Å². The molecule has 0 atom stereocenters. The Kier molecular flexibility index (Phi) is 3.42. The van der Waals surface area contributed by atoms with Crippen LogP contribution in [0.3, 0.4) is 0 Å². The van der Waals surface area contributed by atoms with Gasteiger partial charge in [-0.25, -0.2) is 4.98 Å². The number of nitrogens with zero attached hydrogens (tertiary/aromatic N) is 6. The normalized spacial score (nSPS) is 10.5. The van der Waals surface area contributed by atoms with Gasteiger partial charge in [0.25, 0.3) is 0 Å². The van der Waals surface area contributed by atoms with Gasteiger partial charge in [0.15, 0.2) is 11.4 Å². The van der Waals surface area contributed by atoms with Crippen LogP contribution in [0.25, 0.3) is 11.3 Å². The molecule has 0 spiro atoms. The van der Waals surface area contributed by atoms with E-state index in [4.69, 9.17) is 10.5 Å². The molecule has 0 aliphatic heterocycles. The first-order valence-electron chi connectivity index (χ1n) is 6.22. The van der Waals surface area contributed by atoms with Gasteiger partial charge < -0.3 is 9.97 Å². The highest BCUT2D eigenvalue weighted by atomic mass is 15.3. The van der Waals surface area contributed by atoms with E-state index in [0.29, 0.717) is 5.95 Å². The number of H-pyrrole nitrogens is 2. The summed E-state index contributed by atoms with van der Waals surface area (Å²) >= 11 is 0. The Hall–Kier alpha value is -3.78. The molecule has 0 fully saturated rings. The van der Waals surface area contributed by atoms with Gasteiger partial charge in [0, 0.05) is 0 Å². The van der Waals surface area contributed by atoms with Gasteiger partial charge in [0.1, 0.15) is 12.1 Å². The third-order valence-electron chi connectivity index (χ3n) is 2.80. The Bertz CT molecular complexity index is 873. The van der Waals surface area contributed by atoms with E-state index in [9.17, 15) is 0 Å². The molecule has 104 valence electrons. The summed E-state index contributed by atoms with van der Waals surface area (Å²) < 4.78 is 0. The fraction of sp³-hybridized carbons (Fsp3) is 0. The lowest BCUT2D eigenvalue weighted by Crippen LogP contribution is -1.77. The summed E-state index contributed by atoms with van der Waals surface area (Å²) in [6.07, 6.45) is 1.65. The van der Waals surface area contributed by atoms with E-state index < -0.39 is 0 Å². The van der Waals surface area contributed by atoms with Gasteiger partial charge >= 0.3 is 0 Å². The van der Waals surface area contributed by atoms with Crippen molar-refractivity contribution in [2.45, 2.75) is 0 Å². The molecule has 0 bridgehead atoms. The molecule has 0 saturated heterocycles. The van der Waals surface area contributed by atoms with Gasteiger partial charge in [-0.2, -0.15) is 15.5 Å². The van der Waals surface area contributed by atoms with Crippen LogP contribution in [0.1, 0.15) is 11.4 Å². The Morgan fingerprint density at radius 1 is 0.955 bits per heavy atom. The summed E-state index contributed by atoms with van der Waals surface area (Å²) in [4.78, 5) is 13.5. The van der Waals surface area contributed by atoms with Crippen molar-refractivity contribution in [3.05, 3.63) is 47.9 Å². The first kappa shape index (κ1) is 13.2. The summed E-state index contributed by atoms with van der Waals surface area (Å²) in [5, 5.41) is 25.3. The molecule has 0 unspecified atom stereocenters. The lowest BCUT2D eigenvalue weighted by atomic mass is 10.2. The number of hydrogen-bond acceptors (Lipinski definition) is 6. The highest BCUT2D eigenvalue weighted by Crippen LogP contribution is 2.20. The number of aromatic amines is 2. The number of hydrogen-bond donors (Lipinski definition) is 2. The van der Waals surface area contributed by atoms with Crippen LogP contribution in [-0.4, -0.2) is 19.9 Å². The Balaban J connectivity index is 1.82. The summed E-state index contributed by atoms with van der Waals surface area (Å²) in [5.74, 6) is 0.373. The van der Waals surface area contributed by atoms with E-state index in [2.05, 4.69) is 30.2 Å². The van der Waals surface area contributed by atoms with Crippen molar-refractivity contribution in [2.24, 2.45) is 10.2 Å². The molecule has 3 aromatic rings. The fourth-order valence-corrected chi connectivity index (χ4v) is 1.79. The average molecular weight is 288 g/mol. The Labute approximate surface area is 124 Å². The van der Waals surface area contributed by atoms with Crippen molar-refractivity contribution >= 4 is 11.9 Å². The van der Waals surface area contributed by atoms with Crippen LogP contribution in [0.15, 0.2) is 46.8 Å². The minimum atomic E-state index is -0.0131. The van der Waals surface area contributed by atoms with Gasteiger partial charge in [-0.05, 0) is 5.56 Å². The van der Waals surface area contributed by atoms with Crippen LogP contribution < -0.4 is 0 Å². The third-order valence-corrected chi connectivity index (χ3v) is 2.80. The molecule has 1 aromatic carbocycles. The van der Waals surface area contributed by atoms with Crippen LogP contribution in [-0.2, 0) is 0 Å². The van der Waals surface area contributed by atoms with Gasteiger partial charge in [0.05, 0.1) is 11.9 Å². The van der Waals surface area contributed by atoms with Gasteiger partial charge in [-0.1, -0.05) is 30.3 Å². The van der Waals surface area contributed by atoms with Crippen molar-refractivity contribution in [3.8, 4) is 23.4 Å². The van der Waals surface area contributed by atoms with E-state index in [-0.39, 0.29) is 17.3 Å². The smallest absolute Gasteiger partial charge is 0.249 e. The molecular weight excluding hydrogens is 280 g/mol. The maximum atomic E-state index is 8.81. The number of benzene rings is 1. The quantitative estimate of drug-likeness (QED) is 0.717. The largest absolute Gasteiger partial charge is 0.321 e. The third kappa shape index (κ3) is 2.57. The second-order valence-electron chi connectivity index (χ2n) is 4.19. The molecule has 0 amide bonds. The Morgan fingerprint density at radius 2 is 1.73 bits per heavy atom. The minimum Gasteiger partial charge on any atom is -0.321 e. The number of imidazole rings is 2. The van der Waals surface area contributed by atoms with Crippen LogP contribution >= 0.6 is 0 Å². The second-order valence-corrected chi connectivity index (χ2v) is 4.19. The number of aromatic nitrogens is 4. The number of nitriles is 2. The molecule has 8 heteroatoms. The van der Waals surface area contributed by atoms with Crippen LogP contribution in [0.4, 0.5) is 11.9 Å². The maximum Gasteiger partial charge on any atom is 0.249 e. The second kappa shape index (κ2) is 5.69. The van der Waals surface area contributed by atoms with E-state index in [1.807, 2.05) is 36.4 Å². The number of rotatable bonds is 3. The van der Waals surface area contributed by atoms with Crippen molar-refractivity contribution in [1.29, 1.82) is 10.5 Å². The molecular formula is C14H8N8. The van der Waals surface area contributed by atoms with Crippen molar-refractivity contribution in [1.82, 2.24) is 19.9 Å². The molecule has 0 radical (unpaired) electrons. The van der Waals surface area contributed by atoms with Crippen LogP contribution in [0, 0.1) is 22.7 Å². The molecule has 2 heterocycles. The topological polar surface area (TPSA) is 130 Å². The van der Waals surface area contributed by atoms with Crippen molar-refractivity contribution in [3.63, 3.8) is 0 Å². The maximum absolute atomic E-state index is 8.81. The van der Waals surface area contributed by atoms with Crippen molar-refractivity contribution < 1.29 is 0 Å². The van der Waals surface area contributed by atoms with Gasteiger partial charge in [0.2, 0.25) is 11.9 Å². The average Bonchev–Trinajstić information content (AvgIpc) is 3.20. The molecule has 22 heavy (non-hydrogen) atoms. The van der Waals surface area contributed by atoms with Crippen LogP contribution in [0.2, 0.25) is 0 Å². The van der Waals surface area contributed by atoms with Gasteiger partial charge in [-0.15, -0.1) is 10.2 Å². The predicted octanol–water partition coefficient (Wildman–Crippen LogP) is 2.96. The molecule has 0 saturated carbocycles. The molecule has 2 N–H and O–H groups in total. The monoisotopic (exact) mass is 288 g/mol. The summed E-state index contributed by atoms with van der Waals surface area (Å²) in [5.41, 5.74) is 1.83. The number of azo groups is 1. The summed E-state index contributed by atoms with van der Waals surface area (Å²) in [6.45, 7) is 0. The van der Waals surface area contributed by atoms with E-state index in [0.717, 1.165) is 11.3 Å². The lowest BCUT2D eigenvalue weighted by molar-refractivity contribution is 1.07. The van der Waals surface area contributed by atoms with Crippen molar-refractivity contribution in [2.75, 3.05) is 0 Å². The molecule has 3 rings (SSSR count). The zero-order valence-corrected chi connectivity index (χ0v) is 11.1. The van der Waals surface area contributed by atoms with E-state index in [1.54, 1.807) is 12.3 Å². The number of nitrogens with one attached hydrogen (secondary N) is 2. The standard InChI is InChI=1S/C14H8N8/c15-6-10-11(7-16)19-14(18-10)22-21-13-17-8-12(20-13)9-4-2-1-3-5-9/h1-5,8H,(H,17,20)(H,18,19). The highest BCUT2D eigenvalue weighted by Gasteiger charge is 2.08. The molecule has 0 aliphatic carbocycles. The Morgan fingerprint density at radius 3 is 2.41 bits per heavy atom.